The highest BCUT2D eigenvalue weighted by molar-refractivity contribution is 7.13. The van der Waals surface area contributed by atoms with Gasteiger partial charge in [0, 0.05) is 53.8 Å². The second-order valence-corrected chi connectivity index (χ2v) is 10.8. The number of hydrogen-bond donors (Lipinski definition) is 0. The second kappa shape index (κ2) is 8.89. The summed E-state index contributed by atoms with van der Waals surface area (Å²) in [5.74, 6) is 0.922. The van der Waals surface area contributed by atoms with Gasteiger partial charge in [-0.25, -0.2) is 0 Å². The number of fused-ring (bicyclic) bond motifs is 5. The number of carbonyl (C=O) groups excluding carboxylic acids is 1. The molecule has 3 aromatic heterocycles. The lowest BCUT2D eigenvalue weighted by Crippen LogP contribution is -2.42. The SMILES string of the molecule is COc1cc2c(cc1-c1cncs1)-c1c(-c3cncs3)c3c(n1CC2)C(=O)N(C(C)C)CCOC3. The molecular formula is C26H26N4O3S2. The monoisotopic (exact) mass is 506 g/mol. The number of thiazole rings is 2. The van der Waals surface area contributed by atoms with E-state index in [9.17, 15) is 4.79 Å². The van der Waals surface area contributed by atoms with Gasteiger partial charge in [0.25, 0.3) is 5.91 Å². The van der Waals surface area contributed by atoms with Gasteiger partial charge in [-0.1, -0.05) is 0 Å². The van der Waals surface area contributed by atoms with Crippen LogP contribution in [0.2, 0.25) is 0 Å². The van der Waals surface area contributed by atoms with Crippen LogP contribution in [-0.4, -0.2) is 51.6 Å². The van der Waals surface area contributed by atoms with Crippen LogP contribution in [0.25, 0.3) is 32.1 Å². The van der Waals surface area contributed by atoms with Crippen molar-refractivity contribution in [2.75, 3.05) is 20.3 Å². The Hall–Kier alpha value is -3.01. The first-order valence-electron chi connectivity index (χ1n) is 11.7. The summed E-state index contributed by atoms with van der Waals surface area (Å²) in [7, 11) is 1.71. The number of benzene rings is 1. The Kier molecular flexibility index (Phi) is 5.70. The first-order chi connectivity index (χ1) is 17.1. The fourth-order valence-electron chi connectivity index (χ4n) is 5.22. The molecule has 1 amide bonds. The summed E-state index contributed by atoms with van der Waals surface area (Å²) >= 11 is 3.18. The van der Waals surface area contributed by atoms with Crippen molar-refractivity contribution < 1.29 is 14.3 Å². The summed E-state index contributed by atoms with van der Waals surface area (Å²) in [5, 5.41) is 0. The summed E-state index contributed by atoms with van der Waals surface area (Å²) in [6.07, 6.45) is 4.59. The predicted octanol–water partition coefficient (Wildman–Crippen LogP) is 5.35. The van der Waals surface area contributed by atoms with E-state index >= 15 is 0 Å². The Morgan fingerprint density at radius 2 is 1.80 bits per heavy atom. The molecular weight excluding hydrogens is 480 g/mol. The zero-order valence-electron chi connectivity index (χ0n) is 19.9. The molecule has 4 aromatic rings. The van der Waals surface area contributed by atoms with Crippen LogP contribution in [0.3, 0.4) is 0 Å². The zero-order valence-corrected chi connectivity index (χ0v) is 21.5. The smallest absolute Gasteiger partial charge is 0.271 e. The molecule has 0 saturated heterocycles. The number of aryl methyl sites for hydroxylation is 1. The van der Waals surface area contributed by atoms with E-state index < -0.39 is 0 Å². The molecule has 1 aromatic carbocycles. The number of aromatic nitrogens is 3. The maximum Gasteiger partial charge on any atom is 0.271 e. The largest absolute Gasteiger partial charge is 0.496 e. The average Bonchev–Trinajstić information content (AvgIpc) is 3.61. The van der Waals surface area contributed by atoms with Crippen LogP contribution < -0.4 is 4.74 Å². The van der Waals surface area contributed by atoms with Crippen molar-refractivity contribution in [3.05, 3.63) is 52.4 Å². The number of hydrogen-bond acceptors (Lipinski definition) is 7. The summed E-state index contributed by atoms with van der Waals surface area (Å²) in [6.45, 7) is 6.38. The molecule has 0 fully saturated rings. The molecule has 0 aliphatic carbocycles. The molecule has 180 valence electrons. The van der Waals surface area contributed by atoms with Crippen molar-refractivity contribution >= 4 is 28.6 Å². The minimum absolute atomic E-state index is 0.0787. The van der Waals surface area contributed by atoms with Gasteiger partial charge in [-0.2, -0.15) is 0 Å². The molecule has 0 radical (unpaired) electrons. The molecule has 0 saturated carbocycles. The number of amides is 1. The fourth-order valence-corrected chi connectivity index (χ4v) is 6.56. The number of methoxy groups -OCH3 is 1. The Bertz CT molecular complexity index is 1390. The van der Waals surface area contributed by atoms with Gasteiger partial charge in [-0.15, -0.1) is 22.7 Å². The quantitative estimate of drug-likeness (QED) is 0.373. The first kappa shape index (κ1) is 22.5. The second-order valence-electron chi connectivity index (χ2n) is 9.04. The lowest BCUT2D eigenvalue weighted by Gasteiger charge is -2.30. The first-order valence-corrected chi connectivity index (χ1v) is 13.5. The van der Waals surface area contributed by atoms with E-state index in [0.29, 0.717) is 19.8 Å². The van der Waals surface area contributed by atoms with Crippen LogP contribution >= 0.6 is 22.7 Å². The van der Waals surface area contributed by atoms with Gasteiger partial charge in [0.2, 0.25) is 0 Å². The van der Waals surface area contributed by atoms with Crippen molar-refractivity contribution in [3.63, 3.8) is 0 Å². The van der Waals surface area contributed by atoms with Crippen molar-refractivity contribution in [1.29, 1.82) is 0 Å². The molecule has 2 aliphatic rings. The van der Waals surface area contributed by atoms with Gasteiger partial charge >= 0.3 is 0 Å². The van der Waals surface area contributed by atoms with E-state index in [2.05, 4.69) is 40.5 Å². The van der Waals surface area contributed by atoms with Crippen LogP contribution in [0.4, 0.5) is 0 Å². The van der Waals surface area contributed by atoms with Crippen LogP contribution in [0.1, 0.15) is 35.5 Å². The highest BCUT2D eigenvalue weighted by Gasteiger charge is 2.36. The van der Waals surface area contributed by atoms with E-state index in [-0.39, 0.29) is 11.9 Å². The van der Waals surface area contributed by atoms with E-state index in [0.717, 1.165) is 62.1 Å². The van der Waals surface area contributed by atoms with Gasteiger partial charge in [-0.05, 0) is 38.0 Å². The fraction of sp³-hybridized carbons (Fsp3) is 0.346. The molecule has 0 bridgehead atoms. The molecule has 0 N–H and O–H groups in total. The summed E-state index contributed by atoms with van der Waals surface area (Å²) in [6, 6.07) is 4.44. The van der Waals surface area contributed by atoms with E-state index in [1.54, 1.807) is 29.8 Å². The molecule has 9 heteroatoms. The lowest BCUT2D eigenvalue weighted by molar-refractivity contribution is 0.0484. The van der Waals surface area contributed by atoms with Gasteiger partial charge in [0.05, 0.1) is 46.8 Å². The van der Waals surface area contributed by atoms with Crippen LogP contribution in [-0.2, 0) is 24.3 Å². The van der Waals surface area contributed by atoms with Gasteiger partial charge < -0.3 is 18.9 Å². The van der Waals surface area contributed by atoms with Gasteiger partial charge in [-0.3, -0.25) is 14.8 Å². The lowest BCUT2D eigenvalue weighted by atomic mass is 9.92. The molecule has 35 heavy (non-hydrogen) atoms. The summed E-state index contributed by atoms with van der Waals surface area (Å²) < 4.78 is 14.1. The minimum Gasteiger partial charge on any atom is -0.496 e. The standard InChI is InChI=1S/C26H26N4O3S2/c1-15(2)29-6-7-33-12-19-23(22-11-28-14-35-22)24-17-9-18(21-10-27-13-34-21)20(32-3)8-16(17)4-5-30(24)25(19)26(29)31/h8-11,13-15H,4-7,12H2,1-3H3. The number of carbonyl (C=O) groups is 1. The Balaban J connectivity index is 1.66. The average molecular weight is 507 g/mol. The molecule has 7 nitrogen and oxygen atoms in total. The zero-order chi connectivity index (χ0) is 24.1. The maximum absolute atomic E-state index is 14.0. The number of nitrogens with zero attached hydrogens (tertiary/aromatic N) is 4. The molecule has 0 unspecified atom stereocenters. The van der Waals surface area contributed by atoms with Gasteiger partial charge in [0.15, 0.2) is 0 Å². The molecule has 0 atom stereocenters. The van der Waals surface area contributed by atoms with E-state index in [4.69, 9.17) is 9.47 Å². The van der Waals surface area contributed by atoms with Crippen LogP contribution in [0.5, 0.6) is 5.75 Å². The molecule has 6 rings (SSSR count). The predicted molar refractivity (Wildman–Crippen MR) is 138 cm³/mol. The molecule has 2 aliphatic heterocycles. The summed E-state index contributed by atoms with van der Waals surface area (Å²) in [5.41, 5.74) is 10.9. The Morgan fingerprint density at radius 3 is 2.49 bits per heavy atom. The topological polar surface area (TPSA) is 69.5 Å². The number of ether oxygens (including phenoxy) is 2. The third-order valence-electron chi connectivity index (χ3n) is 6.84. The van der Waals surface area contributed by atoms with E-state index in [1.165, 1.54) is 5.56 Å². The number of rotatable bonds is 4. The van der Waals surface area contributed by atoms with Crippen molar-refractivity contribution in [2.45, 2.75) is 39.5 Å². The van der Waals surface area contributed by atoms with Crippen molar-refractivity contribution in [2.24, 2.45) is 0 Å². The molecule has 0 spiro atoms. The van der Waals surface area contributed by atoms with Crippen LogP contribution in [0.15, 0.2) is 35.5 Å². The van der Waals surface area contributed by atoms with Crippen molar-refractivity contribution in [1.82, 2.24) is 19.4 Å². The highest BCUT2D eigenvalue weighted by Crippen LogP contribution is 2.48. The van der Waals surface area contributed by atoms with Crippen LogP contribution in [0, 0.1) is 0 Å². The Morgan fingerprint density at radius 1 is 1.03 bits per heavy atom. The highest BCUT2D eigenvalue weighted by atomic mass is 32.1. The molecule has 5 heterocycles. The normalized spacial score (nSPS) is 15.4. The van der Waals surface area contributed by atoms with E-state index in [1.807, 2.05) is 28.3 Å². The third kappa shape index (κ3) is 3.61. The third-order valence-corrected chi connectivity index (χ3v) is 8.43. The summed E-state index contributed by atoms with van der Waals surface area (Å²) in [4.78, 5) is 26.6. The Labute approximate surface area is 212 Å². The van der Waals surface area contributed by atoms with Gasteiger partial charge in [0.1, 0.15) is 11.4 Å². The maximum atomic E-state index is 14.0. The minimum atomic E-state index is 0.0787. The van der Waals surface area contributed by atoms with Crippen molar-refractivity contribution in [3.8, 4) is 37.9 Å².